The summed E-state index contributed by atoms with van der Waals surface area (Å²) in [5.41, 5.74) is -6.13. The van der Waals surface area contributed by atoms with Gasteiger partial charge in [0.05, 0.1) is 27.4 Å². The molecule has 5 rings (SSSR count). The molecule has 8 nitrogen and oxygen atoms in total. The molecule has 0 bridgehead atoms. The van der Waals surface area contributed by atoms with Crippen molar-refractivity contribution < 1.29 is 49.1 Å². The second-order valence-corrected chi connectivity index (χ2v) is 11.7. The summed E-state index contributed by atoms with van der Waals surface area (Å²) in [5.74, 6) is -0.0287. The summed E-state index contributed by atoms with van der Waals surface area (Å²) in [6.45, 7) is 1.25. The van der Waals surface area contributed by atoms with E-state index >= 15 is 0 Å². The van der Waals surface area contributed by atoms with Crippen LogP contribution in [0.5, 0.6) is 0 Å². The summed E-state index contributed by atoms with van der Waals surface area (Å²) in [5, 5.41) is 4.70. The van der Waals surface area contributed by atoms with Crippen LogP contribution < -0.4 is 15.5 Å². The molecule has 0 unspecified atom stereocenters. The van der Waals surface area contributed by atoms with Crippen LogP contribution in [0.1, 0.15) is 40.9 Å². The van der Waals surface area contributed by atoms with E-state index in [9.17, 15) is 49.1 Å². The molecular weight excluding hydrogens is 667 g/mol. The fourth-order valence-electron chi connectivity index (χ4n) is 5.06. The molecule has 2 fully saturated rings. The Labute approximate surface area is 264 Å². The number of halogens is 9. The van der Waals surface area contributed by atoms with Gasteiger partial charge in [0.2, 0.25) is 5.95 Å². The molecule has 0 saturated carbocycles. The molecule has 0 aliphatic carbocycles. The van der Waals surface area contributed by atoms with Gasteiger partial charge in [-0.15, -0.1) is 0 Å². The first kappa shape index (κ1) is 34.2. The molecule has 0 atom stereocenters. The molecule has 250 valence electrons. The van der Waals surface area contributed by atoms with Gasteiger partial charge >= 0.3 is 18.5 Å². The minimum absolute atomic E-state index is 0.0528. The normalized spacial score (nSPS) is 17.5. The molecule has 18 heteroatoms. The monoisotopic (exact) mass is 690 g/mol. The van der Waals surface area contributed by atoms with Gasteiger partial charge in [-0.05, 0) is 79.0 Å². The van der Waals surface area contributed by atoms with Gasteiger partial charge in [-0.25, -0.2) is 15.0 Å². The molecule has 0 radical (unpaired) electrons. The average Bonchev–Trinajstić information content (AvgIpc) is 3.31. The summed E-state index contributed by atoms with van der Waals surface area (Å²) >= 11 is 0.759. The average molecular weight is 691 g/mol. The molecule has 0 spiro atoms. The number of benzene rings is 1. The minimum atomic E-state index is -5.30. The van der Waals surface area contributed by atoms with E-state index < -0.39 is 57.8 Å². The lowest BCUT2D eigenvalue weighted by Gasteiger charge is -2.32. The number of carbonyl (C=O) groups is 2. The van der Waals surface area contributed by atoms with E-state index in [4.69, 9.17) is 0 Å². The molecule has 47 heavy (non-hydrogen) atoms. The van der Waals surface area contributed by atoms with Crippen molar-refractivity contribution >= 4 is 34.9 Å². The zero-order chi connectivity index (χ0) is 34.1. The molecule has 2 aromatic heterocycles. The number of nitrogens with zero attached hydrogens (tertiary/aromatic N) is 4. The lowest BCUT2D eigenvalue weighted by atomic mass is 9.96. The Morgan fingerprint density at radius 2 is 1.64 bits per heavy atom. The highest BCUT2D eigenvalue weighted by molar-refractivity contribution is 8.18. The molecular formula is C29H23F9N6O2S. The molecule has 2 saturated heterocycles. The minimum Gasteiger partial charge on any atom is -0.341 e. The quantitative estimate of drug-likeness (QED) is 0.204. The van der Waals surface area contributed by atoms with Crippen LogP contribution in [-0.4, -0.2) is 45.7 Å². The van der Waals surface area contributed by atoms with Crippen LogP contribution in [0.2, 0.25) is 0 Å². The van der Waals surface area contributed by atoms with Gasteiger partial charge in [0.15, 0.2) is 0 Å². The van der Waals surface area contributed by atoms with Gasteiger partial charge in [-0.1, -0.05) is 6.07 Å². The summed E-state index contributed by atoms with van der Waals surface area (Å²) in [4.78, 5) is 37.4. The van der Waals surface area contributed by atoms with E-state index in [-0.39, 0.29) is 29.0 Å². The van der Waals surface area contributed by atoms with E-state index in [1.165, 1.54) is 12.3 Å². The molecule has 2 N–H and O–H groups in total. The third-order valence-corrected chi connectivity index (χ3v) is 8.16. The first-order chi connectivity index (χ1) is 22.0. The summed E-state index contributed by atoms with van der Waals surface area (Å²) in [7, 11) is 0. The number of piperidine rings is 1. The number of aromatic nitrogens is 3. The predicted octanol–water partition coefficient (Wildman–Crippen LogP) is 6.93. The molecule has 2 aliphatic heterocycles. The highest BCUT2D eigenvalue weighted by Crippen LogP contribution is 2.41. The topological polar surface area (TPSA) is 100 Å². The number of thioether (sulfide) groups is 1. The van der Waals surface area contributed by atoms with E-state index in [0.717, 1.165) is 17.8 Å². The van der Waals surface area contributed by atoms with Crippen LogP contribution in [0, 0.1) is 5.92 Å². The van der Waals surface area contributed by atoms with Crippen molar-refractivity contribution in [2.45, 2.75) is 37.9 Å². The van der Waals surface area contributed by atoms with Crippen molar-refractivity contribution in [3.8, 4) is 11.3 Å². The van der Waals surface area contributed by atoms with Gasteiger partial charge in [0.25, 0.3) is 11.1 Å². The largest absolute Gasteiger partial charge is 0.433 e. The molecule has 4 heterocycles. The van der Waals surface area contributed by atoms with Crippen LogP contribution in [0.3, 0.4) is 0 Å². The van der Waals surface area contributed by atoms with Crippen LogP contribution in [0.15, 0.2) is 47.5 Å². The Kier molecular flexibility index (Phi) is 9.54. The number of hydrogen-bond acceptors (Lipinski definition) is 8. The number of anilines is 1. The Balaban J connectivity index is 1.25. The fourth-order valence-corrected chi connectivity index (χ4v) is 5.73. The van der Waals surface area contributed by atoms with Crippen molar-refractivity contribution in [2.24, 2.45) is 5.92 Å². The number of carbonyl (C=O) groups excluding carboxylic acids is 2. The Morgan fingerprint density at radius 3 is 2.26 bits per heavy atom. The summed E-state index contributed by atoms with van der Waals surface area (Å²) in [6.07, 6.45) is -11.1. The van der Waals surface area contributed by atoms with E-state index in [2.05, 4.69) is 25.6 Å². The van der Waals surface area contributed by atoms with Crippen molar-refractivity contribution in [1.82, 2.24) is 25.6 Å². The maximum Gasteiger partial charge on any atom is 0.433 e. The van der Waals surface area contributed by atoms with Gasteiger partial charge in [0.1, 0.15) is 5.69 Å². The SMILES string of the molecule is O=C1NC(=O)/C(=C\c2ccnc(N3CCC(CNCc4cc(-c5ccc(C(F)(F)F)cc5C(F)(F)F)nc(C(F)(F)F)c4)CC3)n2)S1. The van der Waals surface area contributed by atoms with Gasteiger partial charge in [-0.2, -0.15) is 39.5 Å². The zero-order valence-corrected chi connectivity index (χ0v) is 24.7. The smallest absolute Gasteiger partial charge is 0.341 e. The van der Waals surface area contributed by atoms with Crippen molar-refractivity contribution in [3.63, 3.8) is 0 Å². The third-order valence-electron chi connectivity index (χ3n) is 7.35. The first-order valence-electron chi connectivity index (χ1n) is 13.9. The first-order valence-corrected chi connectivity index (χ1v) is 14.7. The van der Waals surface area contributed by atoms with Gasteiger partial charge < -0.3 is 10.2 Å². The van der Waals surface area contributed by atoms with Crippen LogP contribution in [-0.2, 0) is 29.9 Å². The Morgan fingerprint density at radius 1 is 0.915 bits per heavy atom. The number of hydrogen-bond donors (Lipinski definition) is 2. The van der Waals surface area contributed by atoms with Crippen molar-refractivity contribution in [2.75, 3.05) is 24.5 Å². The summed E-state index contributed by atoms with van der Waals surface area (Å²) in [6, 6.07) is 3.95. The molecule has 3 aromatic rings. The van der Waals surface area contributed by atoms with Gasteiger partial charge in [0, 0.05) is 31.4 Å². The van der Waals surface area contributed by atoms with E-state index in [1.807, 2.05) is 4.90 Å². The van der Waals surface area contributed by atoms with Crippen molar-refractivity contribution in [1.29, 1.82) is 0 Å². The Bertz CT molecular complexity index is 1700. The third kappa shape index (κ3) is 8.40. The van der Waals surface area contributed by atoms with Gasteiger partial charge in [-0.3, -0.25) is 14.9 Å². The predicted molar refractivity (Wildman–Crippen MR) is 152 cm³/mol. The van der Waals surface area contributed by atoms with Crippen LogP contribution in [0.4, 0.5) is 50.3 Å². The number of alkyl halides is 9. The zero-order valence-electron chi connectivity index (χ0n) is 23.9. The fraction of sp³-hybridized carbons (Fsp3) is 0.345. The Hall–Kier alpha value is -4.19. The number of amides is 2. The van der Waals surface area contributed by atoms with Crippen LogP contribution >= 0.6 is 11.8 Å². The van der Waals surface area contributed by atoms with Crippen LogP contribution in [0.25, 0.3) is 17.3 Å². The molecule has 1 aromatic carbocycles. The lowest BCUT2D eigenvalue weighted by Crippen LogP contribution is -2.38. The highest BCUT2D eigenvalue weighted by Gasteiger charge is 2.40. The maximum atomic E-state index is 13.7. The van der Waals surface area contributed by atoms with E-state index in [0.29, 0.717) is 62.3 Å². The number of pyridine rings is 1. The number of rotatable bonds is 7. The highest BCUT2D eigenvalue weighted by atomic mass is 32.2. The number of nitrogens with one attached hydrogen (secondary N) is 2. The summed E-state index contributed by atoms with van der Waals surface area (Å²) < 4.78 is 122. The molecule has 2 aliphatic rings. The second kappa shape index (κ2) is 13.1. The lowest BCUT2D eigenvalue weighted by molar-refractivity contribution is -0.143. The standard InChI is InChI=1S/C29H23F9N6O2S/c30-27(31,32)17-1-2-19(20(11-17)28(33,34)35)21-9-16(10-23(42-21)29(36,37)38)14-39-13-15-4-7-44(8-5-15)25-40-6-3-18(41-25)12-22-24(45)43-26(46)47-22/h1-3,6,9-12,15,39H,4-5,7-8,13-14H2,(H,43,45,46)/b22-12+. The maximum absolute atomic E-state index is 13.7. The van der Waals surface area contributed by atoms with Crippen molar-refractivity contribution in [3.05, 3.63) is 75.6 Å². The molecule has 2 amide bonds. The van der Waals surface area contributed by atoms with E-state index in [1.54, 1.807) is 6.07 Å². The second-order valence-electron chi connectivity index (χ2n) is 10.7. The number of imide groups is 1.